The summed E-state index contributed by atoms with van der Waals surface area (Å²) in [6.07, 6.45) is 2.61. The summed E-state index contributed by atoms with van der Waals surface area (Å²) in [6, 6.07) is 31.9. The number of rotatable bonds is 11. The van der Waals surface area contributed by atoms with Crippen molar-refractivity contribution < 1.29 is 19.2 Å². The van der Waals surface area contributed by atoms with Gasteiger partial charge in [0.05, 0.1) is 11.3 Å². The molecule has 0 aliphatic carbocycles. The largest absolute Gasteiger partial charge is 0.353 e. The third-order valence-electron chi connectivity index (χ3n) is 11.0. The monoisotopic (exact) mass is 764 g/mol. The number of fused-ring (bicyclic) bond motifs is 1. The number of likely N-dealkylation sites (N-methyl/N-ethyl adjacent to an activating group) is 2. The summed E-state index contributed by atoms with van der Waals surface area (Å²) in [5.41, 5.74) is 5.36. The van der Waals surface area contributed by atoms with Gasteiger partial charge in [0.25, 0.3) is 0 Å². The van der Waals surface area contributed by atoms with Gasteiger partial charge in [-0.3, -0.25) is 29.0 Å². The number of nitrogens with one attached hydrogen (secondary N) is 3. The number of carbonyl (C=O) groups excluding carboxylic acids is 4. The number of hydrogen-bond acceptors (Lipinski definition) is 7. The molecular weight excluding hydrogens is 717 g/mol. The lowest BCUT2D eigenvalue weighted by molar-refractivity contribution is -0.141. The number of H-pyrrole nitrogens is 1. The van der Waals surface area contributed by atoms with Gasteiger partial charge in [0.15, 0.2) is 0 Å². The molecule has 0 saturated carbocycles. The maximum atomic E-state index is 13.8. The summed E-state index contributed by atoms with van der Waals surface area (Å²) in [4.78, 5) is 65.4. The predicted octanol–water partition coefficient (Wildman–Crippen LogP) is 6.17. The van der Waals surface area contributed by atoms with Crippen molar-refractivity contribution >= 4 is 45.9 Å². The van der Waals surface area contributed by atoms with Gasteiger partial charge < -0.3 is 25.4 Å². The van der Waals surface area contributed by atoms with Gasteiger partial charge in [-0.15, -0.1) is 0 Å². The number of nitriles is 1. The summed E-state index contributed by atoms with van der Waals surface area (Å²) in [5.74, 6) is -0.718. The van der Waals surface area contributed by atoms with Crippen molar-refractivity contribution in [3.8, 4) is 17.3 Å². The maximum absolute atomic E-state index is 13.8. The molecule has 292 valence electrons. The SMILES string of the molecule is CN(C)C(C(=O)N1CCC[C@H]1C(=O)Nc1ccc(-c2[nH]c3ccc(NC(=O)[C@@H]4CCCN4C(=O)[C@@H](c4ccccc4)N(C)C)cc3c2C#N)cc1)c1ccccc1. The molecule has 2 aliphatic heterocycles. The van der Waals surface area contributed by atoms with Gasteiger partial charge >= 0.3 is 0 Å². The Bertz CT molecular complexity index is 2300. The van der Waals surface area contributed by atoms with Crippen molar-refractivity contribution in [1.82, 2.24) is 24.6 Å². The second kappa shape index (κ2) is 16.8. The Kier molecular flexibility index (Phi) is 11.5. The molecule has 57 heavy (non-hydrogen) atoms. The minimum absolute atomic E-state index is 0.0997. The van der Waals surface area contributed by atoms with E-state index in [1.807, 2.05) is 117 Å². The first-order chi connectivity index (χ1) is 27.5. The molecule has 12 heteroatoms. The molecule has 12 nitrogen and oxygen atoms in total. The third-order valence-corrected chi connectivity index (χ3v) is 11.0. The van der Waals surface area contributed by atoms with Crippen molar-refractivity contribution in [2.45, 2.75) is 49.9 Å². The summed E-state index contributed by atoms with van der Waals surface area (Å²) in [7, 11) is 7.46. The summed E-state index contributed by atoms with van der Waals surface area (Å²) >= 11 is 0. The molecule has 4 atom stereocenters. The Labute approximate surface area is 333 Å². The second-order valence-electron chi connectivity index (χ2n) is 15.2. The number of carbonyl (C=O) groups is 4. The Hall–Kier alpha value is -6.29. The minimum atomic E-state index is -0.614. The lowest BCUT2D eigenvalue weighted by Crippen LogP contribution is -2.47. The molecule has 1 unspecified atom stereocenters. The molecule has 2 aliphatic rings. The van der Waals surface area contributed by atoms with Crippen LogP contribution in [0.1, 0.15) is 54.5 Å². The van der Waals surface area contributed by atoms with E-state index < -0.39 is 24.2 Å². The number of hydrogen-bond donors (Lipinski definition) is 3. The molecule has 5 aromatic rings. The highest BCUT2D eigenvalue weighted by Gasteiger charge is 2.40. The first-order valence-corrected chi connectivity index (χ1v) is 19.4. The zero-order valence-corrected chi connectivity index (χ0v) is 32.7. The molecular formula is C45H48N8O4. The fourth-order valence-corrected chi connectivity index (χ4v) is 8.29. The quantitative estimate of drug-likeness (QED) is 0.146. The van der Waals surface area contributed by atoms with Gasteiger partial charge in [-0.2, -0.15) is 5.26 Å². The Morgan fingerprint density at radius 1 is 0.684 bits per heavy atom. The average molecular weight is 765 g/mol. The molecule has 2 saturated heterocycles. The van der Waals surface area contributed by atoms with Crippen molar-refractivity contribution in [3.63, 3.8) is 0 Å². The Balaban J connectivity index is 1.03. The van der Waals surface area contributed by atoms with Crippen LogP contribution in [0.4, 0.5) is 11.4 Å². The van der Waals surface area contributed by atoms with E-state index in [2.05, 4.69) is 21.7 Å². The fraction of sp³-hybridized carbons (Fsp3) is 0.311. The van der Waals surface area contributed by atoms with Crippen LogP contribution >= 0.6 is 0 Å². The average Bonchev–Trinajstić information content (AvgIpc) is 3.98. The molecule has 1 aromatic heterocycles. The van der Waals surface area contributed by atoms with Crippen LogP contribution in [-0.2, 0) is 19.2 Å². The minimum Gasteiger partial charge on any atom is -0.353 e. The molecule has 3 heterocycles. The lowest BCUT2D eigenvalue weighted by atomic mass is 10.0. The Morgan fingerprint density at radius 2 is 1.16 bits per heavy atom. The number of anilines is 2. The normalized spacial score (nSPS) is 17.8. The number of nitrogens with zero attached hydrogens (tertiary/aromatic N) is 5. The van der Waals surface area contributed by atoms with E-state index in [4.69, 9.17) is 0 Å². The summed E-state index contributed by atoms with van der Waals surface area (Å²) in [6.45, 7) is 1.01. The molecule has 0 radical (unpaired) electrons. The van der Waals surface area contributed by atoms with Crippen LogP contribution in [-0.4, -0.2) is 102 Å². The second-order valence-corrected chi connectivity index (χ2v) is 15.2. The molecule has 0 spiro atoms. The first-order valence-electron chi connectivity index (χ1n) is 19.4. The first kappa shape index (κ1) is 39.0. The van der Waals surface area contributed by atoms with Crippen LogP contribution in [0.15, 0.2) is 103 Å². The van der Waals surface area contributed by atoms with Gasteiger partial charge in [0, 0.05) is 35.4 Å². The van der Waals surface area contributed by atoms with Crippen molar-refractivity contribution in [2.24, 2.45) is 0 Å². The van der Waals surface area contributed by atoms with E-state index >= 15 is 0 Å². The van der Waals surface area contributed by atoms with E-state index in [0.29, 0.717) is 53.9 Å². The molecule has 4 amide bonds. The number of benzene rings is 4. The molecule has 3 N–H and O–H groups in total. The highest BCUT2D eigenvalue weighted by molar-refractivity contribution is 6.02. The predicted molar refractivity (Wildman–Crippen MR) is 221 cm³/mol. The van der Waals surface area contributed by atoms with E-state index in [-0.39, 0.29) is 23.6 Å². The number of aromatic amines is 1. The zero-order valence-electron chi connectivity index (χ0n) is 32.7. The lowest BCUT2D eigenvalue weighted by Gasteiger charge is -2.31. The van der Waals surface area contributed by atoms with Crippen LogP contribution in [0, 0.1) is 11.3 Å². The molecule has 0 bridgehead atoms. The third kappa shape index (κ3) is 8.03. The standard InChI is InChI=1S/C45H48N8O4/c1-50(2)40(30-13-7-5-8-14-30)44(56)52-25-11-17-37(52)42(54)47-32-21-19-29(20-22-32)39-35(28-46)34-27-33(23-24-36(34)49-39)48-43(55)38-18-12-26-53(38)45(57)41(51(3)4)31-15-9-6-10-16-31/h5-10,13-16,19-24,27,37-38,40-41,49H,11-12,17-18,25-26H2,1-4H3,(H,47,54)(H,48,55)/t37-,38-,40?,41+/m0/s1. The van der Waals surface area contributed by atoms with Crippen LogP contribution in [0.3, 0.4) is 0 Å². The Morgan fingerprint density at radius 3 is 1.63 bits per heavy atom. The maximum Gasteiger partial charge on any atom is 0.247 e. The van der Waals surface area contributed by atoms with E-state index in [0.717, 1.165) is 35.0 Å². The van der Waals surface area contributed by atoms with Gasteiger partial charge in [0.2, 0.25) is 23.6 Å². The molecule has 7 rings (SSSR count). The highest BCUT2D eigenvalue weighted by atomic mass is 16.2. The van der Waals surface area contributed by atoms with Gasteiger partial charge in [-0.1, -0.05) is 72.8 Å². The molecule has 4 aromatic carbocycles. The smallest absolute Gasteiger partial charge is 0.247 e. The van der Waals surface area contributed by atoms with Crippen LogP contribution in [0.2, 0.25) is 0 Å². The molecule has 2 fully saturated rings. The van der Waals surface area contributed by atoms with Crippen LogP contribution in [0.5, 0.6) is 0 Å². The van der Waals surface area contributed by atoms with Gasteiger partial charge in [-0.05, 0) is 101 Å². The van der Waals surface area contributed by atoms with E-state index in [1.54, 1.807) is 34.1 Å². The van der Waals surface area contributed by atoms with Gasteiger partial charge in [-0.25, -0.2) is 0 Å². The summed E-state index contributed by atoms with van der Waals surface area (Å²) < 4.78 is 0. The fourth-order valence-electron chi connectivity index (χ4n) is 8.29. The van der Waals surface area contributed by atoms with Crippen molar-refractivity contribution in [1.29, 1.82) is 5.26 Å². The van der Waals surface area contributed by atoms with E-state index in [9.17, 15) is 24.4 Å². The zero-order chi connectivity index (χ0) is 40.2. The number of amides is 4. The number of aromatic nitrogens is 1. The van der Waals surface area contributed by atoms with Gasteiger partial charge in [0.1, 0.15) is 30.2 Å². The topological polar surface area (TPSA) is 145 Å². The van der Waals surface area contributed by atoms with Crippen LogP contribution in [0.25, 0.3) is 22.2 Å². The van der Waals surface area contributed by atoms with Crippen molar-refractivity contribution in [2.75, 3.05) is 51.9 Å². The summed E-state index contributed by atoms with van der Waals surface area (Å²) in [5, 5.41) is 17.0. The number of likely N-dealkylation sites (tertiary alicyclic amines) is 2. The van der Waals surface area contributed by atoms with Crippen molar-refractivity contribution in [3.05, 3.63) is 120 Å². The van der Waals surface area contributed by atoms with Crippen LogP contribution < -0.4 is 10.6 Å². The van der Waals surface area contributed by atoms with E-state index in [1.165, 1.54) is 0 Å². The highest BCUT2D eigenvalue weighted by Crippen LogP contribution is 2.34.